The molecule has 28 heavy (non-hydrogen) atoms. The van der Waals surface area contributed by atoms with Gasteiger partial charge in [0.1, 0.15) is 11.5 Å². The van der Waals surface area contributed by atoms with Gasteiger partial charge in [-0.25, -0.2) is 19.3 Å². The number of rotatable bonds is 5. The number of pyridine rings is 1. The van der Waals surface area contributed by atoms with Gasteiger partial charge in [-0.15, -0.1) is 0 Å². The molecule has 3 heterocycles. The third kappa shape index (κ3) is 3.57. The van der Waals surface area contributed by atoms with Crippen molar-refractivity contribution in [2.75, 3.05) is 26.4 Å². The lowest BCUT2D eigenvalue weighted by Crippen LogP contribution is -2.15. The normalized spacial score (nSPS) is 11.4. The Hall–Kier alpha value is -3.32. The molecule has 4 rings (SSSR count). The number of nitrogen functional groups attached to an aromatic ring is 1. The number of nitrogens with zero attached hydrogens (tertiary/aromatic N) is 5. The van der Waals surface area contributed by atoms with Gasteiger partial charge in [0.05, 0.1) is 17.1 Å². The molecule has 0 amide bonds. The Morgan fingerprint density at radius 2 is 1.86 bits per heavy atom. The number of anilines is 1. The fourth-order valence-corrected chi connectivity index (χ4v) is 3.15. The molecule has 0 radical (unpaired) electrons. The summed E-state index contributed by atoms with van der Waals surface area (Å²) >= 11 is 0. The van der Waals surface area contributed by atoms with Crippen LogP contribution in [0.25, 0.3) is 28.3 Å². The van der Waals surface area contributed by atoms with E-state index in [0.717, 1.165) is 35.6 Å². The van der Waals surface area contributed by atoms with Crippen LogP contribution in [0.2, 0.25) is 0 Å². The van der Waals surface area contributed by atoms with E-state index in [9.17, 15) is 4.39 Å². The highest BCUT2D eigenvalue weighted by atomic mass is 19.1. The smallest absolute Gasteiger partial charge is 0.220 e. The number of hydrogen-bond donors (Lipinski definition) is 1. The molecule has 0 aliphatic rings. The van der Waals surface area contributed by atoms with Gasteiger partial charge in [0.15, 0.2) is 0 Å². The lowest BCUT2D eigenvalue weighted by molar-refractivity contribution is 0.413. The fourth-order valence-electron chi connectivity index (χ4n) is 3.15. The molecule has 2 N–H and O–H groups in total. The lowest BCUT2D eigenvalue weighted by Gasteiger charge is -2.09. The highest BCUT2D eigenvalue weighted by molar-refractivity contribution is 5.80. The number of halogens is 1. The third-order valence-corrected chi connectivity index (χ3v) is 4.57. The molecule has 6 nitrogen and oxygen atoms in total. The standard InChI is InChI=1S/C21H21FN6/c1-27(2)11-8-14-9-12-28-18(13-14)26-19(15-3-5-16(22)6-4-15)20(28)17-7-10-24-21(23)25-17/h3-7,9-10,12-13H,8,11H2,1-2H3,(H2,23,24,25). The minimum Gasteiger partial charge on any atom is -0.368 e. The summed E-state index contributed by atoms with van der Waals surface area (Å²) in [5, 5.41) is 0. The van der Waals surface area contributed by atoms with Gasteiger partial charge >= 0.3 is 0 Å². The van der Waals surface area contributed by atoms with Gasteiger partial charge in [0, 0.05) is 24.5 Å². The molecular weight excluding hydrogens is 355 g/mol. The summed E-state index contributed by atoms with van der Waals surface area (Å²) in [6, 6.07) is 12.3. The first-order chi connectivity index (χ1) is 13.5. The van der Waals surface area contributed by atoms with Crippen molar-refractivity contribution < 1.29 is 4.39 Å². The monoisotopic (exact) mass is 376 g/mol. The minimum absolute atomic E-state index is 0.195. The molecule has 4 aromatic rings. The molecule has 7 heteroatoms. The molecular formula is C21H21FN6. The van der Waals surface area contributed by atoms with Crippen LogP contribution in [0, 0.1) is 5.82 Å². The van der Waals surface area contributed by atoms with Gasteiger partial charge in [-0.05, 0) is 68.5 Å². The average Bonchev–Trinajstić information content (AvgIpc) is 3.05. The summed E-state index contributed by atoms with van der Waals surface area (Å²) in [6.07, 6.45) is 4.54. The van der Waals surface area contributed by atoms with Crippen molar-refractivity contribution in [3.05, 3.63) is 66.2 Å². The van der Waals surface area contributed by atoms with E-state index < -0.39 is 0 Å². The van der Waals surface area contributed by atoms with Crippen LogP contribution >= 0.6 is 0 Å². The molecule has 0 bridgehead atoms. The molecule has 0 aliphatic heterocycles. The average molecular weight is 376 g/mol. The molecule has 0 fully saturated rings. The Morgan fingerprint density at radius 3 is 2.57 bits per heavy atom. The van der Waals surface area contributed by atoms with Crippen LogP contribution in [0.1, 0.15) is 5.56 Å². The van der Waals surface area contributed by atoms with E-state index in [0.29, 0.717) is 5.69 Å². The van der Waals surface area contributed by atoms with Gasteiger partial charge in [-0.3, -0.25) is 4.40 Å². The van der Waals surface area contributed by atoms with E-state index in [4.69, 9.17) is 10.7 Å². The summed E-state index contributed by atoms with van der Waals surface area (Å²) in [6.45, 7) is 0.955. The Kier molecular flexibility index (Phi) is 4.75. The van der Waals surface area contributed by atoms with Crippen molar-refractivity contribution >= 4 is 11.6 Å². The first-order valence-corrected chi connectivity index (χ1v) is 9.02. The molecule has 0 spiro atoms. The first kappa shape index (κ1) is 18.1. The van der Waals surface area contributed by atoms with E-state index >= 15 is 0 Å². The molecule has 0 atom stereocenters. The number of fused-ring (bicyclic) bond motifs is 1. The second-order valence-corrected chi connectivity index (χ2v) is 6.93. The summed E-state index contributed by atoms with van der Waals surface area (Å²) in [4.78, 5) is 15.3. The van der Waals surface area contributed by atoms with Gasteiger partial charge in [-0.2, -0.15) is 0 Å². The van der Waals surface area contributed by atoms with Gasteiger partial charge in [0.2, 0.25) is 5.95 Å². The Balaban J connectivity index is 1.90. The highest BCUT2D eigenvalue weighted by Gasteiger charge is 2.18. The molecule has 0 aliphatic carbocycles. The minimum atomic E-state index is -0.286. The van der Waals surface area contributed by atoms with Crippen LogP contribution in [-0.4, -0.2) is 44.9 Å². The Bertz CT molecular complexity index is 1120. The zero-order valence-electron chi connectivity index (χ0n) is 15.8. The Morgan fingerprint density at radius 1 is 1.07 bits per heavy atom. The van der Waals surface area contributed by atoms with Crippen LogP contribution in [-0.2, 0) is 6.42 Å². The zero-order chi connectivity index (χ0) is 19.7. The van der Waals surface area contributed by atoms with E-state index in [2.05, 4.69) is 41.1 Å². The van der Waals surface area contributed by atoms with Gasteiger partial charge in [0.25, 0.3) is 0 Å². The third-order valence-electron chi connectivity index (χ3n) is 4.57. The second-order valence-electron chi connectivity index (χ2n) is 6.93. The van der Waals surface area contributed by atoms with E-state index in [-0.39, 0.29) is 11.8 Å². The van der Waals surface area contributed by atoms with Crippen LogP contribution in [0.3, 0.4) is 0 Å². The summed E-state index contributed by atoms with van der Waals surface area (Å²) in [5.74, 6) is -0.0913. The number of hydrogen-bond acceptors (Lipinski definition) is 5. The molecule has 0 saturated carbocycles. The molecule has 142 valence electrons. The first-order valence-electron chi connectivity index (χ1n) is 9.02. The van der Waals surface area contributed by atoms with Crippen molar-refractivity contribution in [1.82, 2.24) is 24.3 Å². The van der Waals surface area contributed by atoms with Gasteiger partial charge < -0.3 is 10.6 Å². The molecule has 3 aromatic heterocycles. The van der Waals surface area contributed by atoms with Crippen molar-refractivity contribution in [2.45, 2.75) is 6.42 Å². The van der Waals surface area contributed by atoms with E-state index in [1.165, 1.54) is 17.7 Å². The summed E-state index contributed by atoms with van der Waals surface area (Å²) < 4.78 is 15.4. The summed E-state index contributed by atoms with van der Waals surface area (Å²) in [7, 11) is 4.11. The second kappa shape index (κ2) is 7.36. The van der Waals surface area contributed by atoms with Crippen molar-refractivity contribution in [3.63, 3.8) is 0 Å². The van der Waals surface area contributed by atoms with Crippen molar-refractivity contribution in [1.29, 1.82) is 0 Å². The number of benzene rings is 1. The fraction of sp³-hybridized carbons (Fsp3) is 0.190. The van der Waals surface area contributed by atoms with Crippen LogP contribution in [0.4, 0.5) is 10.3 Å². The maximum Gasteiger partial charge on any atom is 0.220 e. The molecule has 0 unspecified atom stereocenters. The van der Waals surface area contributed by atoms with E-state index in [1.807, 2.05) is 10.6 Å². The van der Waals surface area contributed by atoms with Crippen molar-refractivity contribution in [2.24, 2.45) is 0 Å². The number of likely N-dealkylation sites (N-methyl/N-ethyl adjacent to an activating group) is 1. The van der Waals surface area contributed by atoms with Crippen molar-refractivity contribution in [3.8, 4) is 22.6 Å². The quantitative estimate of drug-likeness (QED) is 0.579. The van der Waals surface area contributed by atoms with Crippen LogP contribution in [0.15, 0.2) is 54.9 Å². The Labute approximate surface area is 162 Å². The predicted molar refractivity (Wildman–Crippen MR) is 108 cm³/mol. The number of imidazole rings is 1. The predicted octanol–water partition coefficient (Wildman–Crippen LogP) is 3.28. The number of aromatic nitrogens is 4. The van der Waals surface area contributed by atoms with Gasteiger partial charge in [-0.1, -0.05) is 0 Å². The molecule has 1 aromatic carbocycles. The topological polar surface area (TPSA) is 72.3 Å². The summed E-state index contributed by atoms with van der Waals surface area (Å²) in [5.41, 5.74) is 10.8. The zero-order valence-corrected chi connectivity index (χ0v) is 15.8. The molecule has 0 saturated heterocycles. The maximum absolute atomic E-state index is 13.4. The SMILES string of the molecule is CN(C)CCc1ccn2c(-c3ccnc(N)n3)c(-c3ccc(F)cc3)nc2c1. The van der Waals surface area contributed by atoms with Crippen LogP contribution < -0.4 is 5.73 Å². The largest absolute Gasteiger partial charge is 0.368 e. The van der Waals surface area contributed by atoms with Crippen LogP contribution in [0.5, 0.6) is 0 Å². The highest BCUT2D eigenvalue weighted by Crippen LogP contribution is 2.32. The maximum atomic E-state index is 13.4. The number of nitrogens with two attached hydrogens (primary N) is 1. The lowest BCUT2D eigenvalue weighted by atomic mass is 10.1. The van der Waals surface area contributed by atoms with E-state index in [1.54, 1.807) is 24.4 Å².